The van der Waals surface area contributed by atoms with Crippen LogP contribution >= 0.6 is 11.3 Å². The van der Waals surface area contributed by atoms with Gasteiger partial charge in [0, 0.05) is 17.6 Å². The Balaban J connectivity index is 1.78. The van der Waals surface area contributed by atoms with Crippen LogP contribution in [0.15, 0.2) is 18.3 Å². The third-order valence-electron chi connectivity index (χ3n) is 4.42. The van der Waals surface area contributed by atoms with Crippen LogP contribution in [-0.2, 0) is 19.4 Å². The molecule has 0 bridgehead atoms. The predicted octanol–water partition coefficient (Wildman–Crippen LogP) is 3.33. The fraction of sp³-hybridized carbons (Fsp3) is 0.500. The van der Waals surface area contributed by atoms with E-state index in [0.717, 1.165) is 23.8 Å². The molecule has 128 valence electrons. The first kappa shape index (κ1) is 16.9. The molecular weight excluding hydrogens is 322 g/mol. The van der Waals surface area contributed by atoms with Crippen molar-refractivity contribution in [2.45, 2.75) is 39.7 Å². The first-order valence-electron chi connectivity index (χ1n) is 8.38. The Kier molecular flexibility index (Phi) is 5.14. The summed E-state index contributed by atoms with van der Waals surface area (Å²) in [5.41, 5.74) is 1.73. The Morgan fingerprint density at radius 2 is 2.33 bits per heavy atom. The molecule has 1 aliphatic carbocycles. The van der Waals surface area contributed by atoms with Gasteiger partial charge in [-0.15, -0.1) is 11.3 Å². The summed E-state index contributed by atoms with van der Waals surface area (Å²) in [6.45, 7) is 5.44. The zero-order valence-corrected chi connectivity index (χ0v) is 15.2. The minimum Gasteiger partial charge on any atom is -0.480 e. The number of pyridine rings is 1. The Morgan fingerprint density at radius 3 is 3.08 bits per heavy atom. The number of carbonyl (C=O) groups excluding carboxylic acids is 1. The first-order chi connectivity index (χ1) is 11.6. The van der Waals surface area contributed by atoms with Gasteiger partial charge in [0.05, 0.1) is 19.3 Å². The standard InChI is InChI=1S/C18H23N3O2S/c1-4-21(18(22)13-6-5-9-19-17(13)23-3)11-16-20-14-8-7-12(2)10-15(14)24-16/h5-6,9,12H,4,7-8,10-11H2,1-3H3. The van der Waals surface area contributed by atoms with Gasteiger partial charge in [-0.3, -0.25) is 4.79 Å². The van der Waals surface area contributed by atoms with Crippen molar-refractivity contribution in [1.29, 1.82) is 0 Å². The highest BCUT2D eigenvalue weighted by Gasteiger charge is 2.23. The molecule has 2 aromatic rings. The molecule has 0 aliphatic heterocycles. The van der Waals surface area contributed by atoms with Gasteiger partial charge in [-0.1, -0.05) is 6.92 Å². The van der Waals surface area contributed by atoms with Gasteiger partial charge in [0.2, 0.25) is 5.88 Å². The van der Waals surface area contributed by atoms with Crippen LogP contribution in [0.2, 0.25) is 0 Å². The summed E-state index contributed by atoms with van der Waals surface area (Å²) in [7, 11) is 1.53. The van der Waals surface area contributed by atoms with Crippen molar-refractivity contribution in [3.8, 4) is 5.88 Å². The van der Waals surface area contributed by atoms with E-state index in [2.05, 4.69) is 11.9 Å². The fourth-order valence-electron chi connectivity index (χ4n) is 3.04. The second-order valence-corrected chi connectivity index (χ2v) is 7.37. The van der Waals surface area contributed by atoms with E-state index < -0.39 is 0 Å². The smallest absolute Gasteiger partial charge is 0.259 e. The lowest BCUT2D eigenvalue weighted by Gasteiger charge is -2.20. The molecule has 2 heterocycles. The van der Waals surface area contributed by atoms with E-state index in [0.29, 0.717) is 24.5 Å². The number of nitrogens with zero attached hydrogens (tertiary/aromatic N) is 3. The summed E-state index contributed by atoms with van der Waals surface area (Å²) in [6.07, 6.45) is 5.01. The Labute approximate surface area is 146 Å². The van der Waals surface area contributed by atoms with Gasteiger partial charge < -0.3 is 9.64 Å². The third-order valence-corrected chi connectivity index (χ3v) is 5.53. The van der Waals surface area contributed by atoms with Gasteiger partial charge in [0.25, 0.3) is 5.91 Å². The summed E-state index contributed by atoms with van der Waals surface area (Å²) in [5.74, 6) is 1.03. The number of rotatable bonds is 5. The van der Waals surface area contributed by atoms with E-state index in [1.165, 1.54) is 24.1 Å². The normalized spacial score (nSPS) is 16.5. The number of hydrogen-bond donors (Lipinski definition) is 0. The van der Waals surface area contributed by atoms with Crippen LogP contribution in [0.4, 0.5) is 0 Å². The maximum Gasteiger partial charge on any atom is 0.259 e. The molecule has 5 nitrogen and oxygen atoms in total. The zero-order chi connectivity index (χ0) is 17.1. The minimum absolute atomic E-state index is 0.0658. The van der Waals surface area contributed by atoms with Crippen LogP contribution in [0.25, 0.3) is 0 Å². The van der Waals surface area contributed by atoms with Crippen molar-refractivity contribution in [2.75, 3.05) is 13.7 Å². The van der Waals surface area contributed by atoms with Gasteiger partial charge in [-0.2, -0.15) is 0 Å². The predicted molar refractivity (Wildman–Crippen MR) is 94.5 cm³/mol. The van der Waals surface area contributed by atoms with E-state index in [4.69, 9.17) is 9.72 Å². The van der Waals surface area contributed by atoms with E-state index in [1.54, 1.807) is 34.6 Å². The van der Waals surface area contributed by atoms with Crippen LogP contribution in [0.1, 0.15) is 46.2 Å². The molecule has 1 atom stereocenters. The molecule has 6 heteroatoms. The van der Waals surface area contributed by atoms with E-state index >= 15 is 0 Å². The number of aryl methyl sites for hydroxylation is 1. The van der Waals surface area contributed by atoms with Crippen molar-refractivity contribution in [2.24, 2.45) is 5.92 Å². The van der Waals surface area contributed by atoms with Crippen LogP contribution in [0.5, 0.6) is 5.88 Å². The highest BCUT2D eigenvalue weighted by Crippen LogP contribution is 2.30. The van der Waals surface area contributed by atoms with Gasteiger partial charge in [-0.25, -0.2) is 9.97 Å². The molecule has 0 aromatic carbocycles. The molecule has 1 amide bonds. The molecule has 0 radical (unpaired) electrons. The van der Waals surface area contributed by atoms with Crippen LogP contribution < -0.4 is 4.74 Å². The Hall–Kier alpha value is -1.95. The highest BCUT2D eigenvalue weighted by atomic mass is 32.1. The summed E-state index contributed by atoms with van der Waals surface area (Å²) in [6, 6.07) is 3.51. The summed E-state index contributed by atoms with van der Waals surface area (Å²) >= 11 is 1.75. The number of methoxy groups -OCH3 is 1. The first-order valence-corrected chi connectivity index (χ1v) is 9.19. The van der Waals surface area contributed by atoms with Crippen molar-refractivity contribution in [3.63, 3.8) is 0 Å². The average molecular weight is 345 g/mol. The lowest BCUT2D eigenvalue weighted by molar-refractivity contribution is 0.0748. The molecule has 3 rings (SSSR count). The monoisotopic (exact) mass is 345 g/mol. The number of carbonyl (C=O) groups is 1. The quantitative estimate of drug-likeness (QED) is 0.834. The molecule has 0 fully saturated rings. The Morgan fingerprint density at radius 1 is 1.50 bits per heavy atom. The maximum absolute atomic E-state index is 12.8. The zero-order valence-electron chi connectivity index (χ0n) is 14.4. The van der Waals surface area contributed by atoms with Crippen LogP contribution in [-0.4, -0.2) is 34.4 Å². The Bertz CT molecular complexity index is 729. The van der Waals surface area contributed by atoms with Crippen molar-refractivity contribution in [3.05, 3.63) is 39.5 Å². The number of fused-ring (bicyclic) bond motifs is 1. The van der Waals surface area contributed by atoms with E-state index in [9.17, 15) is 4.79 Å². The van der Waals surface area contributed by atoms with E-state index in [1.807, 2.05) is 6.92 Å². The molecule has 0 spiro atoms. The molecular formula is C18H23N3O2S. The molecule has 2 aromatic heterocycles. The van der Waals surface area contributed by atoms with Gasteiger partial charge >= 0.3 is 0 Å². The van der Waals surface area contributed by atoms with Crippen LogP contribution in [0.3, 0.4) is 0 Å². The maximum atomic E-state index is 12.8. The third kappa shape index (κ3) is 3.43. The number of aromatic nitrogens is 2. The summed E-state index contributed by atoms with van der Waals surface area (Å²) in [5, 5.41) is 1.02. The molecule has 1 aliphatic rings. The number of hydrogen-bond acceptors (Lipinski definition) is 5. The largest absolute Gasteiger partial charge is 0.480 e. The summed E-state index contributed by atoms with van der Waals surface area (Å²) in [4.78, 5) is 24.9. The molecule has 0 saturated carbocycles. The van der Waals surface area contributed by atoms with Gasteiger partial charge in [-0.05, 0) is 44.2 Å². The van der Waals surface area contributed by atoms with Crippen molar-refractivity contribution in [1.82, 2.24) is 14.9 Å². The number of amides is 1. The van der Waals surface area contributed by atoms with E-state index in [-0.39, 0.29) is 5.91 Å². The second kappa shape index (κ2) is 7.30. The van der Waals surface area contributed by atoms with Crippen molar-refractivity contribution >= 4 is 17.2 Å². The lowest BCUT2D eigenvalue weighted by Crippen LogP contribution is -2.30. The molecule has 24 heavy (non-hydrogen) atoms. The van der Waals surface area contributed by atoms with Gasteiger partial charge in [0.15, 0.2) is 0 Å². The molecule has 1 unspecified atom stereocenters. The number of ether oxygens (including phenoxy) is 1. The molecule has 0 N–H and O–H groups in total. The lowest BCUT2D eigenvalue weighted by atomic mass is 9.93. The SMILES string of the molecule is CCN(Cc1nc2c(s1)CC(C)CC2)C(=O)c1cccnc1OC. The van der Waals surface area contributed by atoms with Crippen molar-refractivity contribution < 1.29 is 9.53 Å². The highest BCUT2D eigenvalue weighted by molar-refractivity contribution is 7.11. The van der Waals surface area contributed by atoms with Crippen LogP contribution in [0, 0.1) is 5.92 Å². The minimum atomic E-state index is -0.0658. The topological polar surface area (TPSA) is 55.3 Å². The van der Waals surface area contributed by atoms with Gasteiger partial charge in [0.1, 0.15) is 10.6 Å². The summed E-state index contributed by atoms with van der Waals surface area (Å²) < 4.78 is 5.22. The fourth-order valence-corrected chi connectivity index (χ4v) is 4.33. The number of thiazole rings is 1. The molecule has 0 saturated heterocycles. The second-order valence-electron chi connectivity index (χ2n) is 6.21. The average Bonchev–Trinajstić information content (AvgIpc) is 3.00.